The van der Waals surface area contributed by atoms with Crippen molar-refractivity contribution < 1.29 is 4.79 Å². The Balaban J connectivity index is 2.01. The molecule has 0 radical (unpaired) electrons. The minimum Gasteiger partial charge on any atom is -0.328 e. The maximum absolute atomic E-state index is 12.2. The number of piperidine rings is 1. The molecule has 1 saturated heterocycles. The van der Waals surface area contributed by atoms with Crippen molar-refractivity contribution in [1.82, 2.24) is 14.7 Å². The molecule has 0 aromatic carbocycles. The molecule has 0 bridgehead atoms. The van der Waals surface area contributed by atoms with Gasteiger partial charge in [-0.25, -0.2) is 0 Å². The Bertz CT molecular complexity index is 424. The molecule has 1 aromatic heterocycles. The van der Waals surface area contributed by atoms with Crippen molar-refractivity contribution in [2.24, 2.45) is 5.73 Å². The smallest absolute Gasteiger partial charge is 0.196 e. The molecule has 0 spiro atoms. The Morgan fingerprint density at radius 2 is 2.22 bits per heavy atom. The molecule has 100 valence electrons. The van der Waals surface area contributed by atoms with Gasteiger partial charge in [-0.05, 0) is 19.8 Å². The van der Waals surface area contributed by atoms with E-state index in [0.717, 1.165) is 25.9 Å². The van der Waals surface area contributed by atoms with Crippen LogP contribution in [0.15, 0.2) is 6.20 Å². The van der Waals surface area contributed by atoms with E-state index >= 15 is 0 Å². The quantitative estimate of drug-likeness (QED) is 0.834. The van der Waals surface area contributed by atoms with Gasteiger partial charge in [0.1, 0.15) is 5.69 Å². The predicted octanol–water partition coefficient (Wildman–Crippen LogP) is 1.16. The minimum absolute atomic E-state index is 0.0369. The van der Waals surface area contributed by atoms with E-state index < -0.39 is 0 Å². The highest BCUT2D eigenvalue weighted by molar-refractivity contribution is 6.33. The number of carbonyl (C=O) groups excluding carboxylic acids is 1. The zero-order valence-corrected chi connectivity index (χ0v) is 11.4. The standard InChI is InChI=1S/C12H19ClN4O/c1-2-17-12(10(13)7-15-17)11(18)8-16-5-3-9(14)4-6-16/h7,9H,2-6,8,14H2,1H3. The maximum Gasteiger partial charge on any atom is 0.196 e. The van der Waals surface area contributed by atoms with E-state index in [2.05, 4.69) is 10.00 Å². The van der Waals surface area contributed by atoms with E-state index in [9.17, 15) is 4.79 Å². The van der Waals surface area contributed by atoms with Gasteiger partial charge in [0.2, 0.25) is 0 Å². The van der Waals surface area contributed by atoms with Crippen molar-refractivity contribution in [1.29, 1.82) is 0 Å². The summed E-state index contributed by atoms with van der Waals surface area (Å²) in [5.41, 5.74) is 6.37. The number of hydrogen-bond acceptors (Lipinski definition) is 4. The van der Waals surface area contributed by atoms with Gasteiger partial charge in [-0.2, -0.15) is 5.10 Å². The van der Waals surface area contributed by atoms with Crippen LogP contribution in [0.1, 0.15) is 30.3 Å². The molecule has 1 fully saturated rings. The van der Waals surface area contributed by atoms with E-state index in [4.69, 9.17) is 17.3 Å². The Morgan fingerprint density at radius 1 is 1.56 bits per heavy atom. The highest BCUT2D eigenvalue weighted by atomic mass is 35.5. The largest absolute Gasteiger partial charge is 0.328 e. The van der Waals surface area contributed by atoms with Crippen LogP contribution in [-0.4, -0.2) is 46.1 Å². The summed E-state index contributed by atoms with van der Waals surface area (Å²) in [6.07, 6.45) is 3.44. The summed E-state index contributed by atoms with van der Waals surface area (Å²) in [5, 5.41) is 4.53. The molecule has 2 heterocycles. The molecule has 0 amide bonds. The SMILES string of the molecule is CCn1ncc(Cl)c1C(=O)CN1CCC(N)CC1. The van der Waals surface area contributed by atoms with Gasteiger partial charge in [-0.15, -0.1) is 0 Å². The Kier molecular flexibility index (Phi) is 4.37. The maximum atomic E-state index is 12.2. The molecule has 1 aliphatic heterocycles. The Labute approximate surface area is 112 Å². The third-order valence-electron chi connectivity index (χ3n) is 3.36. The number of ketones is 1. The normalized spacial score (nSPS) is 18.2. The fraction of sp³-hybridized carbons (Fsp3) is 0.667. The topological polar surface area (TPSA) is 64.2 Å². The molecule has 0 unspecified atom stereocenters. The molecule has 18 heavy (non-hydrogen) atoms. The lowest BCUT2D eigenvalue weighted by Gasteiger charge is -2.29. The zero-order chi connectivity index (χ0) is 13.1. The number of nitrogens with two attached hydrogens (primary N) is 1. The first-order valence-electron chi connectivity index (χ1n) is 6.34. The number of aromatic nitrogens is 2. The molecule has 1 aromatic rings. The van der Waals surface area contributed by atoms with Crippen LogP contribution < -0.4 is 5.73 Å². The van der Waals surface area contributed by atoms with Gasteiger partial charge in [-0.3, -0.25) is 14.4 Å². The predicted molar refractivity (Wildman–Crippen MR) is 70.9 cm³/mol. The van der Waals surface area contributed by atoms with Gasteiger partial charge in [0.15, 0.2) is 5.78 Å². The average Bonchev–Trinajstić information content (AvgIpc) is 2.73. The molecule has 0 saturated carbocycles. The molecular weight excluding hydrogens is 252 g/mol. The lowest BCUT2D eigenvalue weighted by Crippen LogP contribution is -2.42. The van der Waals surface area contributed by atoms with E-state index in [-0.39, 0.29) is 11.8 Å². The van der Waals surface area contributed by atoms with Gasteiger partial charge in [0, 0.05) is 25.7 Å². The first-order chi connectivity index (χ1) is 8.61. The molecule has 0 aliphatic carbocycles. The van der Waals surface area contributed by atoms with Crippen LogP contribution in [0.2, 0.25) is 5.02 Å². The summed E-state index contributed by atoms with van der Waals surface area (Å²) in [5.74, 6) is 0.0369. The Morgan fingerprint density at radius 3 is 2.83 bits per heavy atom. The average molecular weight is 271 g/mol. The number of nitrogens with zero attached hydrogens (tertiary/aromatic N) is 3. The summed E-state index contributed by atoms with van der Waals surface area (Å²) in [4.78, 5) is 14.4. The number of halogens is 1. The third kappa shape index (κ3) is 2.91. The second kappa shape index (κ2) is 5.82. The second-order valence-corrected chi connectivity index (χ2v) is 5.10. The van der Waals surface area contributed by atoms with E-state index in [1.165, 1.54) is 6.20 Å². The molecule has 2 rings (SSSR count). The van der Waals surface area contributed by atoms with Gasteiger partial charge < -0.3 is 5.73 Å². The van der Waals surface area contributed by atoms with Crippen molar-refractivity contribution in [3.8, 4) is 0 Å². The summed E-state index contributed by atoms with van der Waals surface area (Å²) >= 11 is 6.02. The third-order valence-corrected chi connectivity index (χ3v) is 3.63. The molecule has 1 aliphatic rings. The van der Waals surface area contributed by atoms with E-state index in [1.807, 2.05) is 6.92 Å². The van der Waals surface area contributed by atoms with Crippen molar-refractivity contribution in [3.05, 3.63) is 16.9 Å². The highest BCUT2D eigenvalue weighted by Crippen LogP contribution is 2.17. The number of carbonyl (C=O) groups is 1. The van der Waals surface area contributed by atoms with Gasteiger partial charge in [0.25, 0.3) is 0 Å². The van der Waals surface area contributed by atoms with Crippen LogP contribution in [0.25, 0.3) is 0 Å². The van der Waals surface area contributed by atoms with Crippen molar-refractivity contribution in [3.63, 3.8) is 0 Å². The first kappa shape index (κ1) is 13.5. The number of hydrogen-bond donors (Lipinski definition) is 1. The number of Topliss-reactive ketones (excluding diaryl/α,β-unsaturated/α-hetero) is 1. The second-order valence-electron chi connectivity index (χ2n) is 4.69. The molecule has 6 heteroatoms. The Hall–Kier alpha value is -0.910. The van der Waals surface area contributed by atoms with Gasteiger partial charge in [-0.1, -0.05) is 11.6 Å². The number of aryl methyl sites for hydroxylation is 1. The van der Waals surface area contributed by atoms with E-state index in [0.29, 0.717) is 23.8 Å². The van der Waals surface area contributed by atoms with Crippen LogP contribution in [0.4, 0.5) is 0 Å². The minimum atomic E-state index is 0.0369. The highest BCUT2D eigenvalue weighted by Gasteiger charge is 2.22. The summed E-state index contributed by atoms with van der Waals surface area (Å²) in [7, 11) is 0. The first-order valence-corrected chi connectivity index (χ1v) is 6.72. The lowest BCUT2D eigenvalue weighted by atomic mass is 10.1. The fourth-order valence-electron chi connectivity index (χ4n) is 2.27. The van der Waals surface area contributed by atoms with E-state index in [1.54, 1.807) is 4.68 Å². The zero-order valence-electron chi connectivity index (χ0n) is 10.6. The summed E-state index contributed by atoms with van der Waals surface area (Å²) in [6, 6.07) is 0.279. The van der Waals surface area contributed by atoms with Crippen LogP contribution >= 0.6 is 11.6 Å². The molecule has 5 nitrogen and oxygen atoms in total. The van der Waals surface area contributed by atoms with Gasteiger partial charge >= 0.3 is 0 Å². The summed E-state index contributed by atoms with van der Waals surface area (Å²) < 4.78 is 1.65. The number of rotatable bonds is 4. The molecule has 2 N–H and O–H groups in total. The lowest BCUT2D eigenvalue weighted by molar-refractivity contribution is 0.0899. The van der Waals surface area contributed by atoms with Crippen molar-refractivity contribution >= 4 is 17.4 Å². The molecular formula is C12H19ClN4O. The van der Waals surface area contributed by atoms with Crippen LogP contribution in [0, 0.1) is 0 Å². The fourth-order valence-corrected chi connectivity index (χ4v) is 2.52. The molecule has 0 atom stereocenters. The summed E-state index contributed by atoms with van der Waals surface area (Å²) in [6.45, 7) is 4.76. The monoisotopic (exact) mass is 270 g/mol. The van der Waals surface area contributed by atoms with Crippen LogP contribution in [0.5, 0.6) is 0 Å². The van der Waals surface area contributed by atoms with Crippen LogP contribution in [0.3, 0.4) is 0 Å². The van der Waals surface area contributed by atoms with Crippen LogP contribution in [-0.2, 0) is 6.54 Å². The van der Waals surface area contributed by atoms with Crippen molar-refractivity contribution in [2.75, 3.05) is 19.6 Å². The van der Waals surface area contributed by atoms with Gasteiger partial charge in [0.05, 0.1) is 17.8 Å². The number of likely N-dealkylation sites (tertiary alicyclic amines) is 1. The van der Waals surface area contributed by atoms with Crippen molar-refractivity contribution in [2.45, 2.75) is 32.4 Å².